The van der Waals surface area contributed by atoms with Gasteiger partial charge in [0.05, 0.1) is 6.54 Å². The lowest BCUT2D eigenvalue weighted by Gasteiger charge is -2.22. The minimum atomic E-state index is -0.215. The van der Waals surface area contributed by atoms with Gasteiger partial charge in [-0.1, -0.05) is 23.7 Å². The van der Waals surface area contributed by atoms with Crippen molar-refractivity contribution >= 4 is 11.6 Å². The molecule has 0 saturated heterocycles. The fourth-order valence-electron chi connectivity index (χ4n) is 2.66. The summed E-state index contributed by atoms with van der Waals surface area (Å²) in [6.45, 7) is 2.01. The van der Waals surface area contributed by atoms with Crippen molar-refractivity contribution in [2.24, 2.45) is 0 Å². The van der Waals surface area contributed by atoms with Crippen LogP contribution in [0.15, 0.2) is 35.1 Å². The van der Waals surface area contributed by atoms with Gasteiger partial charge in [-0.2, -0.15) is 5.26 Å². The van der Waals surface area contributed by atoms with Crippen molar-refractivity contribution in [2.75, 3.05) is 6.54 Å². The summed E-state index contributed by atoms with van der Waals surface area (Å²) in [5, 5.41) is 13.1. The van der Waals surface area contributed by atoms with E-state index in [9.17, 15) is 4.79 Å². The normalized spacial score (nSPS) is 13.5. The van der Waals surface area contributed by atoms with Gasteiger partial charge in [-0.05, 0) is 29.3 Å². The first-order valence-corrected chi connectivity index (χ1v) is 7.17. The molecule has 0 unspecified atom stereocenters. The molecule has 5 heteroatoms. The predicted octanol–water partition coefficient (Wildman–Crippen LogP) is 2.07. The molecule has 1 aliphatic rings. The summed E-state index contributed by atoms with van der Waals surface area (Å²) >= 11 is 5.89. The number of nitriles is 1. The molecule has 0 radical (unpaired) electrons. The van der Waals surface area contributed by atoms with Crippen LogP contribution in [-0.2, 0) is 19.5 Å². The van der Waals surface area contributed by atoms with Crippen LogP contribution in [0, 0.1) is 11.3 Å². The minimum Gasteiger partial charge on any atom is -0.312 e. The highest BCUT2D eigenvalue weighted by molar-refractivity contribution is 6.30. The summed E-state index contributed by atoms with van der Waals surface area (Å²) in [4.78, 5) is 12.4. The van der Waals surface area contributed by atoms with E-state index in [-0.39, 0.29) is 11.1 Å². The molecule has 21 heavy (non-hydrogen) atoms. The molecule has 1 aromatic heterocycles. The van der Waals surface area contributed by atoms with E-state index in [0.29, 0.717) is 18.1 Å². The lowest BCUT2D eigenvalue weighted by molar-refractivity contribution is 0.581. The van der Waals surface area contributed by atoms with Crippen molar-refractivity contribution in [1.29, 1.82) is 5.26 Å². The largest absolute Gasteiger partial charge is 0.312 e. The van der Waals surface area contributed by atoms with Gasteiger partial charge in [0.1, 0.15) is 11.6 Å². The van der Waals surface area contributed by atoms with Crippen molar-refractivity contribution in [3.63, 3.8) is 0 Å². The summed E-state index contributed by atoms with van der Waals surface area (Å²) in [5.74, 6) is 0. The fraction of sp³-hybridized carbons (Fsp3) is 0.250. The molecule has 0 aliphatic carbocycles. The van der Waals surface area contributed by atoms with E-state index in [0.717, 1.165) is 29.8 Å². The van der Waals surface area contributed by atoms with Gasteiger partial charge in [-0.15, -0.1) is 0 Å². The van der Waals surface area contributed by atoms with Crippen LogP contribution >= 0.6 is 11.6 Å². The van der Waals surface area contributed by atoms with Crippen molar-refractivity contribution in [3.05, 3.63) is 68.1 Å². The molecule has 0 spiro atoms. The van der Waals surface area contributed by atoms with Gasteiger partial charge in [0.2, 0.25) is 0 Å². The number of benzene rings is 1. The fourth-order valence-corrected chi connectivity index (χ4v) is 2.78. The molecule has 2 aromatic rings. The number of hydrogen-bond acceptors (Lipinski definition) is 3. The van der Waals surface area contributed by atoms with Crippen LogP contribution in [0.2, 0.25) is 5.02 Å². The summed E-state index contributed by atoms with van der Waals surface area (Å²) in [6.07, 6.45) is 0.796. The Labute approximate surface area is 127 Å². The van der Waals surface area contributed by atoms with E-state index in [1.807, 2.05) is 30.3 Å². The zero-order chi connectivity index (χ0) is 14.8. The number of aromatic nitrogens is 1. The summed E-state index contributed by atoms with van der Waals surface area (Å²) in [6, 6.07) is 11.1. The molecular weight excluding hydrogens is 286 g/mol. The van der Waals surface area contributed by atoms with Gasteiger partial charge in [0.15, 0.2) is 0 Å². The molecule has 1 N–H and O–H groups in total. The van der Waals surface area contributed by atoms with Crippen LogP contribution in [0.3, 0.4) is 0 Å². The minimum absolute atomic E-state index is 0.200. The number of fused-ring (bicyclic) bond motifs is 1. The third-order valence-corrected chi connectivity index (χ3v) is 3.97. The van der Waals surface area contributed by atoms with Gasteiger partial charge in [-0.25, -0.2) is 0 Å². The summed E-state index contributed by atoms with van der Waals surface area (Å²) < 4.78 is 1.72. The highest BCUT2D eigenvalue weighted by atomic mass is 35.5. The van der Waals surface area contributed by atoms with Crippen molar-refractivity contribution in [2.45, 2.75) is 19.5 Å². The van der Waals surface area contributed by atoms with E-state index in [2.05, 4.69) is 5.32 Å². The van der Waals surface area contributed by atoms with E-state index >= 15 is 0 Å². The summed E-state index contributed by atoms with van der Waals surface area (Å²) in [5.41, 5.74) is 3.04. The van der Waals surface area contributed by atoms with E-state index in [1.165, 1.54) is 0 Å². The van der Waals surface area contributed by atoms with Crippen molar-refractivity contribution < 1.29 is 0 Å². The van der Waals surface area contributed by atoms with Crippen LogP contribution in [0.1, 0.15) is 22.4 Å². The number of nitrogens with one attached hydrogen (secondary N) is 1. The zero-order valence-electron chi connectivity index (χ0n) is 11.4. The third kappa shape index (κ3) is 2.71. The second-order valence-electron chi connectivity index (χ2n) is 5.09. The van der Waals surface area contributed by atoms with Gasteiger partial charge in [-0.3, -0.25) is 4.79 Å². The Morgan fingerprint density at radius 3 is 2.81 bits per heavy atom. The monoisotopic (exact) mass is 299 g/mol. The Bertz CT molecular complexity index is 772. The maximum absolute atomic E-state index is 12.4. The van der Waals surface area contributed by atoms with Crippen LogP contribution < -0.4 is 10.9 Å². The van der Waals surface area contributed by atoms with E-state index in [4.69, 9.17) is 16.9 Å². The topological polar surface area (TPSA) is 57.8 Å². The third-order valence-electron chi connectivity index (χ3n) is 3.72. The molecule has 0 atom stereocenters. The average Bonchev–Trinajstić information content (AvgIpc) is 2.51. The second kappa shape index (κ2) is 5.72. The molecule has 0 saturated carbocycles. The number of nitrogens with zero attached hydrogens (tertiary/aromatic N) is 2. The van der Waals surface area contributed by atoms with Crippen LogP contribution in [0.5, 0.6) is 0 Å². The van der Waals surface area contributed by atoms with Crippen molar-refractivity contribution in [1.82, 2.24) is 9.88 Å². The predicted molar refractivity (Wildman–Crippen MR) is 81.4 cm³/mol. The molecule has 4 nitrogen and oxygen atoms in total. The molecule has 0 bridgehead atoms. The maximum Gasteiger partial charge on any atom is 0.268 e. The highest BCUT2D eigenvalue weighted by Crippen LogP contribution is 2.16. The molecule has 0 fully saturated rings. The highest BCUT2D eigenvalue weighted by Gasteiger charge is 2.17. The molecule has 0 amide bonds. The molecular formula is C16H14ClN3O. The Balaban J connectivity index is 2.10. The van der Waals surface area contributed by atoms with Crippen LogP contribution in [0.25, 0.3) is 0 Å². The number of pyridine rings is 1. The number of hydrogen-bond donors (Lipinski definition) is 1. The first-order chi connectivity index (χ1) is 10.2. The quantitative estimate of drug-likeness (QED) is 0.923. The second-order valence-corrected chi connectivity index (χ2v) is 5.52. The van der Waals surface area contributed by atoms with Gasteiger partial charge in [0, 0.05) is 30.2 Å². The maximum atomic E-state index is 12.4. The Kier molecular flexibility index (Phi) is 3.78. The van der Waals surface area contributed by atoms with Crippen LogP contribution in [0.4, 0.5) is 0 Å². The van der Waals surface area contributed by atoms with E-state index < -0.39 is 0 Å². The smallest absolute Gasteiger partial charge is 0.268 e. The Hall–Kier alpha value is -2.09. The lowest BCUT2D eigenvalue weighted by atomic mass is 10.0. The average molecular weight is 300 g/mol. The molecule has 3 rings (SSSR count). The van der Waals surface area contributed by atoms with Gasteiger partial charge < -0.3 is 9.88 Å². The molecule has 2 heterocycles. The Morgan fingerprint density at radius 2 is 2.10 bits per heavy atom. The van der Waals surface area contributed by atoms with Crippen LogP contribution in [-0.4, -0.2) is 11.1 Å². The molecule has 106 valence electrons. The Morgan fingerprint density at radius 1 is 1.33 bits per heavy atom. The first-order valence-electron chi connectivity index (χ1n) is 6.80. The molecule has 1 aliphatic heterocycles. The first kappa shape index (κ1) is 13.9. The zero-order valence-corrected chi connectivity index (χ0v) is 12.2. The van der Waals surface area contributed by atoms with Crippen molar-refractivity contribution in [3.8, 4) is 6.07 Å². The van der Waals surface area contributed by atoms with E-state index in [1.54, 1.807) is 10.6 Å². The number of halogens is 1. The van der Waals surface area contributed by atoms with Gasteiger partial charge >= 0.3 is 0 Å². The summed E-state index contributed by atoms with van der Waals surface area (Å²) in [7, 11) is 0. The molecule has 1 aromatic carbocycles. The lowest BCUT2D eigenvalue weighted by Crippen LogP contribution is -2.34. The standard InChI is InChI=1S/C16H14ClN3O/c17-14-3-1-11(2-4-14)10-20-15-5-6-19-9-13(15)7-12(8-18)16(20)21/h1-4,7,19H,5-6,9-10H2. The van der Waals surface area contributed by atoms with Gasteiger partial charge in [0.25, 0.3) is 5.56 Å². The number of rotatable bonds is 2. The SMILES string of the molecule is N#Cc1cc2c(n(Cc3ccc(Cl)cc3)c1=O)CCNC2.